The van der Waals surface area contributed by atoms with Gasteiger partial charge in [-0.25, -0.2) is 4.98 Å². The van der Waals surface area contributed by atoms with Gasteiger partial charge in [0.15, 0.2) is 0 Å². The summed E-state index contributed by atoms with van der Waals surface area (Å²) in [7, 11) is 0. The second kappa shape index (κ2) is 8.27. The maximum atomic E-state index is 13.1. The molecule has 0 radical (unpaired) electrons. The lowest BCUT2D eigenvalue weighted by Gasteiger charge is -2.36. The van der Waals surface area contributed by atoms with E-state index in [1.165, 1.54) is 17.4 Å². The minimum absolute atomic E-state index is 0.0641. The van der Waals surface area contributed by atoms with Gasteiger partial charge in [0.25, 0.3) is 5.91 Å². The van der Waals surface area contributed by atoms with E-state index in [1.807, 2.05) is 53.4 Å². The molecule has 1 aliphatic rings. The van der Waals surface area contributed by atoms with E-state index in [2.05, 4.69) is 34.1 Å². The van der Waals surface area contributed by atoms with Gasteiger partial charge in [-0.2, -0.15) is 0 Å². The first kappa shape index (κ1) is 17.6. The predicted octanol–water partition coefficient (Wildman–Crippen LogP) is 4.20. The van der Waals surface area contributed by atoms with Crippen LogP contribution in [0.25, 0.3) is 0 Å². The molecule has 4 rings (SSSR count). The van der Waals surface area contributed by atoms with Crippen LogP contribution in [0.4, 0.5) is 5.69 Å². The summed E-state index contributed by atoms with van der Waals surface area (Å²) in [6.45, 7) is 3.13. The first-order chi connectivity index (χ1) is 13.3. The third-order valence-electron chi connectivity index (χ3n) is 4.65. The van der Waals surface area contributed by atoms with Gasteiger partial charge in [0.2, 0.25) is 0 Å². The smallest absolute Gasteiger partial charge is 0.256 e. The normalized spacial score (nSPS) is 14.2. The van der Waals surface area contributed by atoms with Gasteiger partial charge in [0, 0.05) is 43.0 Å². The lowest BCUT2D eigenvalue weighted by atomic mass is 10.2. The molecule has 5 heteroatoms. The Labute approximate surface area is 163 Å². The van der Waals surface area contributed by atoms with Crippen molar-refractivity contribution in [2.45, 2.75) is 9.92 Å². The highest BCUT2D eigenvalue weighted by molar-refractivity contribution is 7.99. The fourth-order valence-electron chi connectivity index (χ4n) is 3.21. The van der Waals surface area contributed by atoms with Gasteiger partial charge >= 0.3 is 0 Å². The predicted molar refractivity (Wildman–Crippen MR) is 109 cm³/mol. The number of aromatic nitrogens is 1. The van der Waals surface area contributed by atoms with E-state index >= 15 is 0 Å². The molecule has 1 aliphatic heterocycles. The number of nitrogens with zero attached hydrogens (tertiary/aromatic N) is 3. The number of para-hydroxylation sites is 1. The molecule has 4 nitrogen and oxygen atoms in total. The molecule has 0 spiro atoms. The minimum atomic E-state index is 0.0641. The number of carbonyl (C=O) groups excluding carboxylic acids is 1. The number of rotatable bonds is 4. The summed E-state index contributed by atoms with van der Waals surface area (Å²) < 4.78 is 0. The largest absolute Gasteiger partial charge is 0.368 e. The molecule has 1 amide bonds. The summed E-state index contributed by atoms with van der Waals surface area (Å²) in [4.78, 5) is 22.9. The number of anilines is 1. The Hall–Kier alpha value is -2.79. The highest BCUT2D eigenvalue weighted by atomic mass is 32.2. The number of piperazine rings is 1. The van der Waals surface area contributed by atoms with Crippen molar-refractivity contribution in [2.75, 3.05) is 31.1 Å². The van der Waals surface area contributed by atoms with Gasteiger partial charge in [-0.1, -0.05) is 48.2 Å². The lowest BCUT2D eigenvalue weighted by Crippen LogP contribution is -2.48. The number of hydrogen-bond donors (Lipinski definition) is 0. The fraction of sp³-hybridized carbons (Fsp3) is 0.182. The number of hydrogen-bond acceptors (Lipinski definition) is 4. The van der Waals surface area contributed by atoms with Crippen LogP contribution in [0.5, 0.6) is 0 Å². The summed E-state index contributed by atoms with van der Waals surface area (Å²) in [6.07, 6.45) is 1.75. The van der Waals surface area contributed by atoms with Crippen molar-refractivity contribution in [1.82, 2.24) is 9.88 Å². The van der Waals surface area contributed by atoms with Crippen LogP contribution in [0.15, 0.2) is 88.9 Å². The van der Waals surface area contributed by atoms with Crippen LogP contribution in [0.3, 0.4) is 0 Å². The molecule has 0 unspecified atom stereocenters. The average Bonchev–Trinajstić information content (AvgIpc) is 2.75. The second-order valence-corrected chi connectivity index (χ2v) is 7.45. The molecular formula is C22H21N3OS. The van der Waals surface area contributed by atoms with Crippen molar-refractivity contribution < 1.29 is 4.79 Å². The molecule has 27 heavy (non-hydrogen) atoms. The zero-order valence-corrected chi connectivity index (χ0v) is 15.8. The summed E-state index contributed by atoms with van der Waals surface area (Å²) in [6, 6.07) is 24.1. The Morgan fingerprint density at radius 2 is 1.48 bits per heavy atom. The Balaban J connectivity index is 1.46. The maximum absolute atomic E-state index is 13.1. The van der Waals surface area contributed by atoms with Crippen molar-refractivity contribution in [1.29, 1.82) is 0 Å². The van der Waals surface area contributed by atoms with Crippen molar-refractivity contribution in [3.63, 3.8) is 0 Å². The zero-order valence-electron chi connectivity index (χ0n) is 15.0. The van der Waals surface area contributed by atoms with E-state index < -0.39 is 0 Å². The van der Waals surface area contributed by atoms with E-state index in [-0.39, 0.29) is 5.91 Å². The van der Waals surface area contributed by atoms with Crippen molar-refractivity contribution in [3.05, 3.63) is 84.6 Å². The van der Waals surface area contributed by atoms with Gasteiger partial charge < -0.3 is 9.80 Å². The van der Waals surface area contributed by atoms with Crippen LogP contribution < -0.4 is 4.90 Å². The zero-order chi connectivity index (χ0) is 18.5. The first-order valence-corrected chi connectivity index (χ1v) is 9.90. The van der Waals surface area contributed by atoms with Gasteiger partial charge in [0.05, 0.1) is 5.56 Å². The highest BCUT2D eigenvalue weighted by Crippen LogP contribution is 2.29. The molecule has 2 aromatic carbocycles. The van der Waals surface area contributed by atoms with Crippen LogP contribution in [0, 0.1) is 0 Å². The molecule has 1 aromatic heterocycles. The van der Waals surface area contributed by atoms with Gasteiger partial charge in [-0.15, -0.1) is 0 Å². The highest BCUT2D eigenvalue weighted by Gasteiger charge is 2.24. The molecule has 1 fully saturated rings. The fourth-order valence-corrected chi connectivity index (χ4v) is 4.11. The molecule has 0 atom stereocenters. The standard InChI is InChI=1S/C22H21N3OS/c26-22(25-16-14-24(15-17-25)18-8-3-1-4-9-18)20-12-7-13-23-21(20)27-19-10-5-2-6-11-19/h1-13H,14-17H2. The van der Waals surface area contributed by atoms with E-state index in [1.54, 1.807) is 6.20 Å². The van der Waals surface area contributed by atoms with E-state index in [9.17, 15) is 4.79 Å². The Morgan fingerprint density at radius 3 is 2.19 bits per heavy atom. The summed E-state index contributed by atoms with van der Waals surface area (Å²) in [5, 5.41) is 0.763. The Bertz CT molecular complexity index is 894. The number of carbonyl (C=O) groups is 1. The van der Waals surface area contributed by atoms with E-state index in [4.69, 9.17) is 0 Å². The van der Waals surface area contributed by atoms with E-state index in [0.29, 0.717) is 5.56 Å². The second-order valence-electron chi connectivity index (χ2n) is 6.39. The van der Waals surface area contributed by atoms with Crippen LogP contribution in [0.1, 0.15) is 10.4 Å². The van der Waals surface area contributed by atoms with E-state index in [0.717, 1.165) is 36.1 Å². The van der Waals surface area contributed by atoms with Gasteiger partial charge in [-0.05, 0) is 36.4 Å². The Morgan fingerprint density at radius 1 is 0.815 bits per heavy atom. The van der Waals surface area contributed by atoms with Gasteiger partial charge in [-0.3, -0.25) is 4.79 Å². The first-order valence-electron chi connectivity index (χ1n) is 9.08. The third-order valence-corrected chi connectivity index (χ3v) is 5.67. The van der Waals surface area contributed by atoms with Crippen molar-refractivity contribution in [3.8, 4) is 0 Å². The molecule has 1 saturated heterocycles. The molecule has 3 aromatic rings. The molecule has 0 saturated carbocycles. The quantitative estimate of drug-likeness (QED) is 0.685. The topological polar surface area (TPSA) is 36.4 Å². The summed E-state index contributed by atoms with van der Waals surface area (Å²) >= 11 is 1.53. The third kappa shape index (κ3) is 4.14. The van der Waals surface area contributed by atoms with Crippen LogP contribution >= 0.6 is 11.8 Å². The number of pyridine rings is 1. The van der Waals surface area contributed by atoms with Crippen LogP contribution in [-0.4, -0.2) is 42.0 Å². The van der Waals surface area contributed by atoms with Crippen LogP contribution in [0.2, 0.25) is 0 Å². The van der Waals surface area contributed by atoms with Crippen molar-refractivity contribution in [2.24, 2.45) is 0 Å². The molecule has 136 valence electrons. The maximum Gasteiger partial charge on any atom is 0.256 e. The molecule has 0 bridgehead atoms. The minimum Gasteiger partial charge on any atom is -0.368 e. The molecule has 2 heterocycles. The lowest BCUT2D eigenvalue weighted by molar-refractivity contribution is 0.0742. The number of benzene rings is 2. The SMILES string of the molecule is O=C(c1cccnc1Sc1ccccc1)N1CCN(c2ccccc2)CC1. The molecule has 0 N–H and O–H groups in total. The number of amides is 1. The summed E-state index contributed by atoms with van der Waals surface area (Å²) in [5.41, 5.74) is 1.89. The Kier molecular flexibility index (Phi) is 5.39. The monoisotopic (exact) mass is 375 g/mol. The molecular weight excluding hydrogens is 354 g/mol. The van der Waals surface area contributed by atoms with Crippen molar-refractivity contribution >= 4 is 23.4 Å². The van der Waals surface area contributed by atoms with Crippen LogP contribution in [-0.2, 0) is 0 Å². The summed E-state index contributed by atoms with van der Waals surface area (Å²) in [5.74, 6) is 0.0641. The van der Waals surface area contributed by atoms with Gasteiger partial charge in [0.1, 0.15) is 5.03 Å². The average molecular weight is 375 g/mol. The molecule has 0 aliphatic carbocycles.